The maximum absolute atomic E-state index is 11.4. The van der Waals surface area contributed by atoms with Gasteiger partial charge in [0.2, 0.25) is 0 Å². The molecule has 0 aliphatic carbocycles. The Balaban J connectivity index is 2.62. The highest BCUT2D eigenvalue weighted by molar-refractivity contribution is 5.30. The van der Waals surface area contributed by atoms with Gasteiger partial charge in [-0.25, -0.2) is 4.98 Å². The van der Waals surface area contributed by atoms with E-state index in [-0.39, 0.29) is 5.56 Å². The van der Waals surface area contributed by atoms with Crippen molar-refractivity contribution in [3.05, 3.63) is 22.7 Å². The lowest BCUT2D eigenvalue weighted by Crippen LogP contribution is -2.22. The smallest absolute Gasteiger partial charge is 0.293 e. The average Bonchev–Trinajstić information content (AvgIpc) is 2.19. The number of nitrogens with zero attached hydrogens (tertiary/aromatic N) is 2. The monoisotopic (exact) mass is 191 g/mol. The Kier molecular flexibility index (Phi) is 3.74. The highest BCUT2D eigenvalue weighted by atomic mass is 16.1. The van der Waals surface area contributed by atoms with E-state index in [1.54, 1.807) is 26.4 Å². The third kappa shape index (κ3) is 2.63. The minimum Gasteiger partial charge on any atom is -0.365 e. The van der Waals surface area contributed by atoms with Crippen molar-refractivity contribution in [3.63, 3.8) is 0 Å². The van der Waals surface area contributed by atoms with E-state index >= 15 is 0 Å². The fourth-order valence-electron chi connectivity index (χ4n) is 0.987. The number of anilines is 1. The van der Waals surface area contributed by atoms with Crippen molar-refractivity contribution in [2.45, 2.75) is 13.3 Å². The van der Waals surface area contributed by atoms with Gasteiger partial charge < -0.3 is 9.88 Å². The molecule has 14 heavy (non-hydrogen) atoms. The Morgan fingerprint density at radius 1 is 1.64 bits per heavy atom. The summed E-state index contributed by atoms with van der Waals surface area (Å²) in [5.74, 6) is 6.07. The second-order valence-electron chi connectivity index (χ2n) is 2.80. The van der Waals surface area contributed by atoms with Crippen LogP contribution < -0.4 is 10.9 Å². The van der Waals surface area contributed by atoms with Gasteiger partial charge in [0.05, 0.1) is 0 Å². The molecule has 0 aliphatic rings. The van der Waals surface area contributed by atoms with E-state index in [1.807, 2.05) is 0 Å². The number of aryl methyl sites for hydroxylation is 1. The van der Waals surface area contributed by atoms with Gasteiger partial charge in [-0.2, -0.15) is 0 Å². The molecule has 1 N–H and O–H groups in total. The van der Waals surface area contributed by atoms with Gasteiger partial charge in [-0.3, -0.25) is 4.79 Å². The molecule has 0 amide bonds. The Morgan fingerprint density at radius 2 is 2.43 bits per heavy atom. The number of hydrogen-bond acceptors (Lipinski definition) is 3. The lowest BCUT2D eigenvalue weighted by atomic mass is 10.4. The van der Waals surface area contributed by atoms with Gasteiger partial charge >= 0.3 is 0 Å². The highest BCUT2D eigenvalue weighted by Gasteiger charge is 1.99. The molecule has 74 valence electrons. The largest absolute Gasteiger partial charge is 0.365 e. The topological polar surface area (TPSA) is 46.9 Å². The van der Waals surface area contributed by atoms with Crippen molar-refractivity contribution in [1.82, 2.24) is 9.55 Å². The molecular weight excluding hydrogens is 178 g/mol. The maximum Gasteiger partial charge on any atom is 0.293 e. The van der Waals surface area contributed by atoms with Crippen molar-refractivity contribution in [1.29, 1.82) is 0 Å². The van der Waals surface area contributed by atoms with Crippen molar-refractivity contribution >= 4 is 5.82 Å². The Hall–Kier alpha value is -1.76. The van der Waals surface area contributed by atoms with Crippen LogP contribution in [0.15, 0.2) is 17.2 Å². The lowest BCUT2D eigenvalue weighted by Gasteiger charge is -2.03. The first kappa shape index (κ1) is 10.3. The summed E-state index contributed by atoms with van der Waals surface area (Å²) in [6, 6.07) is 0. The number of rotatable bonds is 3. The first-order valence-corrected chi connectivity index (χ1v) is 4.41. The normalized spacial score (nSPS) is 9.00. The maximum atomic E-state index is 11.4. The van der Waals surface area contributed by atoms with E-state index in [9.17, 15) is 4.79 Å². The molecule has 0 radical (unpaired) electrons. The number of aromatic nitrogens is 2. The van der Waals surface area contributed by atoms with Crippen molar-refractivity contribution in [2.75, 3.05) is 11.9 Å². The van der Waals surface area contributed by atoms with Crippen LogP contribution in [0.2, 0.25) is 0 Å². The molecule has 4 nitrogen and oxygen atoms in total. The van der Waals surface area contributed by atoms with Crippen LogP contribution in [0.25, 0.3) is 0 Å². The molecule has 0 bridgehead atoms. The van der Waals surface area contributed by atoms with E-state index in [4.69, 9.17) is 0 Å². The van der Waals surface area contributed by atoms with Crippen molar-refractivity contribution in [3.8, 4) is 11.8 Å². The second-order valence-corrected chi connectivity index (χ2v) is 2.80. The fourth-order valence-corrected chi connectivity index (χ4v) is 0.987. The molecule has 1 rings (SSSR count). The third-order valence-electron chi connectivity index (χ3n) is 1.74. The van der Waals surface area contributed by atoms with Crippen LogP contribution in [0.1, 0.15) is 13.3 Å². The SMILES string of the molecule is CC#CCCNc1nccn(C)c1=O. The minimum absolute atomic E-state index is 0.114. The van der Waals surface area contributed by atoms with Crippen LogP contribution >= 0.6 is 0 Å². The number of nitrogens with one attached hydrogen (secondary N) is 1. The molecule has 0 unspecified atom stereocenters. The van der Waals surface area contributed by atoms with Crippen LogP contribution in [0.5, 0.6) is 0 Å². The molecule has 0 saturated carbocycles. The zero-order valence-corrected chi connectivity index (χ0v) is 8.37. The van der Waals surface area contributed by atoms with Gasteiger partial charge in [0.25, 0.3) is 5.56 Å². The van der Waals surface area contributed by atoms with E-state index in [0.717, 1.165) is 6.42 Å². The van der Waals surface area contributed by atoms with Crippen LogP contribution in [0.3, 0.4) is 0 Å². The summed E-state index contributed by atoms with van der Waals surface area (Å²) in [4.78, 5) is 15.4. The molecule has 0 spiro atoms. The van der Waals surface area contributed by atoms with Crippen LogP contribution in [0, 0.1) is 11.8 Å². The molecule has 4 heteroatoms. The minimum atomic E-state index is -0.114. The quantitative estimate of drug-likeness (QED) is 0.562. The van der Waals surface area contributed by atoms with Gasteiger partial charge in [-0.05, 0) is 6.92 Å². The first-order valence-electron chi connectivity index (χ1n) is 4.41. The molecule has 1 aromatic heterocycles. The summed E-state index contributed by atoms with van der Waals surface area (Å²) < 4.78 is 1.49. The van der Waals surface area contributed by atoms with Crippen LogP contribution in [-0.2, 0) is 7.05 Å². The Morgan fingerprint density at radius 3 is 3.14 bits per heavy atom. The zero-order valence-electron chi connectivity index (χ0n) is 8.37. The summed E-state index contributed by atoms with van der Waals surface area (Å²) in [6.45, 7) is 2.44. The summed E-state index contributed by atoms with van der Waals surface area (Å²) in [5, 5.41) is 2.94. The Labute approximate surface area is 83.0 Å². The Bertz CT molecular complexity index is 411. The molecule has 1 aromatic rings. The van der Waals surface area contributed by atoms with Crippen molar-refractivity contribution in [2.24, 2.45) is 7.05 Å². The lowest BCUT2D eigenvalue weighted by molar-refractivity contribution is 0.839. The predicted molar refractivity (Wildman–Crippen MR) is 56.0 cm³/mol. The molecule has 0 fully saturated rings. The summed E-state index contributed by atoms with van der Waals surface area (Å²) in [7, 11) is 1.70. The molecule has 0 saturated heterocycles. The van der Waals surface area contributed by atoms with E-state index < -0.39 is 0 Å². The fraction of sp³-hybridized carbons (Fsp3) is 0.400. The third-order valence-corrected chi connectivity index (χ3v) is 1.74. The van der Waals surface area contributed by atoms with E-state index in [2.05, 4.69) is 22.1 Å². The van der Waals surface area contributed by atoms with Gasteiger partial charge in [0.15, 0.2) is 5.82 Å². The second kappa shape index (κ2) is 5.07. The van der Waals surface area contributed by atoms with Gasteiger partial charge in [0.1, 0.15) is 0 Å². The molecular formula is C10H13N3O. The van der Waals surface area contributed by atoms with E-state index in [1.165, 1.54) is 4.57 Å². The molecule has 0 atom stereocenters. The van der Waals surface area contributed by atoms with Gasteiger partial charge in [-0.15, -0.1) is 11.8 Å². The summed E-state index contributed by atoms with van der Waals surface area (Å²) in [5.41, 5.74) is -0.114. The van der Waals surface area contributed by atoms with Gasteiger partial charge in [0, 0.05) is 32.4 Å². The van der Waals surface area contributed by atoms with Crippen LogP contribution in [-0.4, -0.2) is 16.1 Å². The molecule has 0 aromatic carbocycles. The summed E-state index contributed by atoms with van der Waals surface area (Å²) >= 11 is 0. The molecule has 0 aliphatic heterocycles. The average molecular weight is 191 g/mol. The summed E-state index contributed by atoms with van der Waals surface area (Å²) in [6.07, 6.45) is 3.94. The van der Waals surface area contributed by atoms with Gasteiger partial charge in [-0.1, -0.05) is 0 Å². The van der Waals surface area contributed by atoms with E-state index in [0.29, 0.717) is 12.4 Å². The highest BCUT2D eigenvalue weighted by Crippen LogP contribution is 1.91. The predicted octanol–water partition coefficient (Wildman–Crippen LogP) is 0.606. The van der Waals surface area contributed by atoms with Crippen LogP contribution in [0.4, 0.5) is 5.82 Å². The standard InChI is InChI=1S/C10H13N3O/c1-3-4-5-6-11-9-10(14)13(2)8-7-12-9/h7-8H,5-6H2,1-2H3,(H,11,12). The number of hydrogen-bond donors (Lipinski definition) is 1. The zero-order chi connectivity index (χ0) is 10.4. The van der Waals surface area contributed by atoms with Crippen molar-refractivity contribution < 1.29 is 0 Å². The first-order chi connectivity index (χ1) is 6.75. The molecule has 1 heterocycles.